The van der Waals surface area contributed by atoms with Crippen molar-refractivity contribution in [2.75, 3.05) is 20.2 Å². The smallest absolute Gasteiger partial charge is 0.407 e. The highest BCUT2D eigenvalue weighted by Gasteiger charge is 2.43. The zero-order valence-electron chi connectivity index (χ0n) is 36.7. The van der Waals surface area contributed by atoms with E-state index in [4.69, 9.17) is 14.7 Å². The Hall–Kier alpha value is -6.76. The topological polar surface area (TPSA) is 165 Å². The van der Waals surface area contributed by atoms with Crippen LogP contribution in [0.25, 0.3) is 54.7 Å². The number of imidazole rings is 2. The number of benzene rings is 5. The lowest BCUT2D eigenvalue weighted by molar-refractivity contribution is -0.138. The molecule has 4 N–H and O–H groups in total. The van der Waals surface area contributed by atoms with Gasteiger partial charge in [0.1, 0.15) is 23.7 Å². The summed E-state index contributed by atoms with van der Waals surface area (Å²) in [5, 5.41) is 9.99. The molecule has 5 atom stereocenters. The summed E-state index contributed by atoms with van der Waals surface area (Å²) < 4.78 is 4.81. The fraction of sp³-hybridized carbons (Fsp3) is 0.373. The summed E-state index contributed by atoms with van der Waals surface area (Å²) in [5.74, 6) is 1.32. The van der Waals surface area contributed by atoms with Gasteiger partial charge in [-0.2, -0.15) is 0 Å². The van der Waals surface area contributed by atoms with Crippen molar-refractivity contribution in [2.24, 2.45) is 17.8 Å². The van der Waals surface area contributed by atoms with E-state index in [2.05, 4.69) is 88.2 Å². The molecule has 2 aliphatic heterocycles. The Kier molecular flexibility index (Phi) is 10.8. The predicted molar refractivity (Wildman–Crippen MR) is 247 cm³/mol. The van der Waals surface area contributed by atoms with Crippen LogP contribution in [0.15, 0.2) is 91.0 Å². The maximum Gasteiger partial charge on any atom is 0.407 e. The van der Waals surface area contributed by atoms with Crippen LogP contribution in [-0.2, 0) is 19.1 Å². The third kappa shape index (κ3) is 7.50. The Balaban J connectivity index is 0.920. The maximum atomic E-state index is 14.5. The van der Waals surface area contributed by atoms with Crippen molar-refractivity contribution in [3.63, 3.8) is 0 Å². The molecule has 2 aromatic heterocycles. The number of aromatic amines is 2. The number of ether oxygens (including phenoxy) is 1. The van der Waals surface area contributed by atoms with Gasteiger partial charge in [0.05, 0.1) is 41.3 Å². The summed E-state index contributed by atoms with van der Waals surface area (Å²) in [7, 11) is 1.30. The second-order valence-corrected chi connectivity index (χ2v) is 18.1. The second kappa shape index (κ2) is 16.7. The summed E-state index contributed by atoms with van der Waals surface area (Å²) in [4.78, 5) is 74.7. The highest BCUT2D eigenvalue weighted by molar-refractivity contribution is 6.07. The van der Waals surface area contributed by atoms with Gasteiger partial charge in [-0.1, -0.05) is 93.9 Å². The SMILES string of the molecule is CC[C@@H]1CCN(C(=O)[C@H](NC(=O)C2CC2)c2ccccc2)[C@@H]1c1nc2c(ccc3cc(-c4ccc5c(ccc6[nH]c([C@@H]7CCCN7C(=O)C(NC(=O)OC)C(C)C)nc65)c4)ccc32)[nH]1. The van der Waals surface area contributed by atoms with E-state index in [1.54, 1.807) is 0 Å². The van der Waals surface area contributed by atoms with Gasteiger partial charge < -0.3 is 35.1 Å². The number of amides is 4. The van der Waals surface area contributed by atoms with E-state index in [0.29, 0.717) is 13.1 Å². The highest BCUT2D eigenvalue weighted by atomic mass is 16.5. The minimum atomic E-state index is -0.754. The molecule has 13 heteroatoms. The van der Waals surface area contributed by atoms with Crippen LogP contribution in [0, 0.1) is 17.8 Å². The van der Waals surface area contributed by atoms with Crippen molar-refractivity contribution in [2.45, 2.75) is 83.5 Å². The average molecular weight is 859 g/mol. The first-order valence-electron chi connectivity index (χ1n) is 22.8. The molecule has 1 saturated carbocycles. The van der Waals surface area contributed by atoms with E-state index < -0.39 is 18.2 Å². The standard InChI is InChI=1S/C51H54N8O5/c1-5-29-23-25-59(50(62)42(30-10-7-6-8-11-30)56-48(60)31-13-14-31)45(29)47-53-39-22-18-35-27-33(16-20-37(35)44(39)55-47)32-15-19-36-34(26-32)17-21-38-43(36)54-46(52-38)40-12-9-24-58(40)49(61)41(28(2)3)57-51(63)64-4/h6-8,10-11,15-22,26-29,31,40-42,45H,5,9,12-14,23-25H2,1-4H3,(H,52,54)(H,53,55)(H,56,60)(H,57,63)/t29-,40+,41?,42-,45+/m1/s1. The Labute approximate surface area is 371 Å². The molecule has 4 amide bonds. The summed E-state index contributed by atoms with van der Waals surface area (Å²) in [6.07, 6.45) is 4.49. The molecule has 3 aliphatic rings. The van der Waals surface area contributed by atoms with Crippen LogP contribution in [0.3, 0.4) is 0 Å². The maximum absolute atomic E-state index is 14.5. The van der Waals surface area contributed by atoms with E-state index in [1.165, 1.54) is 7.11 Å². The molecule has 2 saturated heterocycles. The largest absolute Gasteiger partial charge is 0.453 e. The molecule has 1 aliphatic carbocycles. The molecular formula is C51H54N8O5. The van der Waals surface area contributed by atoms with E-state index in [9.17, 15) is 19.2 Å². The zero-order chi connectivity index (χ0) is 44.2. The Morgan fingerprint density at radius 1 is 0.734 bits per heavy atom. The van der Waals surface area contributed by atoms with Gasteiger partial charge in [0.25, 0.3) is 0 Å². The molecular weight excluding hydrogens is 805 g/mol. The fourth-order valence-corrected chi connectivity index (χ4v) is 10.1. The first-order valence-corrected chi connectivity index (χ1v) is 22.8. The van der Waals surface area contributed by atoms with Crippen LogP contribution in [0.1, 0.15) is 94.6 Å². The number of nitrogens with zero attached hydrogens (tertiary/aromatic N) is 4. The fourth-order valence-electron chi connectivity index (χ4n) is 10.1. The molecule has 10 rings (SSSR count). The van der Waals surface area contributed by atoms with Gasteiger partial charge in [0, 0.05) is 29.8 Å². The van der Waals surface area contributed by atoms with Crippen molar-refractivity contribution in [1.82, 2.24) is 40.4 Å². The second-order valence-electron chi connectivity index (χ2n) is 18.1. The number of alkyl carbamates (subject to hydrolysis) is 1. The quantitative estimate of drug-likeness (QED) is 0.101. The molecule has 5 aromatic carbocycles. The molecule has 7 aromatic rings. The molecule has 0 radical (unpaired) electrons. The number of carbonyl (C=O) groups is 4. The van der Waals surface area contributed by atoms with E-state index in [0.717, 1.165) is 110 Å². The monoisotopic (exact) mass is 858 g/mol. The van der Waals surface area contributed by atoms with Crippen molar-refractivity contribution < 1.29 is 23.9 Å². The van der Waals surface area contributed by atoms with Crippen LogP contribution in [0.5, 0.6) is 0 Å². The van der Waals surface area contributed by atoms with Gasteiger partial charge in [-0.25, -0.2) is 14.8 Å². The van der Waals surface area contributed by atoms with Crippen molar-refractivity contribution in [1.29, 1.82) is 0 Å². The van der Waals surface area contributed by atoms with Gasteiger partial charge >= 0.3 is 6.09 Å². The molecule has 13 nitrogen and oxygen atoms in total. The molecule has 1 unspecified atom stereocenters. The number of likely N-dealkylation sites (tertiary alicyclic amines) is 2. The van der Waals surface area contributed by atoms with Gasteiger partial charge in [-0.05, 0) is 95.7 Å². The van der Waals surface area contributed by atoms with Gasteiger partial charge in [-0.15, -0.1) is 0 Å². The van der Waals surface area contributed by atoms with Crippen molar-refractivity contribution in [3.05, 3.63) is 108 Å². The van der Waals surface area contributed by atoms with Gasteiger partial charge in [-0.3, -0.25) is 14.4 Å². The Morgan fingerprint density at radius 2 is 1.38 bits per heavy atom. The summed E-state index contributed by atoms with van der Waals surface area (Å²) in [6.45, 7) is 7.18. The third-order valence-corrected chi connectivity index (χ3v) is 13.8. The molecule has 3 fully saturated rings. The number of hydrogen-bond donors (Lipinski definition) is 4. The number of rotatable bonds is 11. The number of carbonyl (C=O) groups excluding carboxylic acids is 4. The van der Waals surface area contributed by atoms with E-state index >= 15 is 0 Å². The Morgan fingerprint density at radius 3 is 1.98 bits per heavy atom. The third-order valence-electron chi connectivity index (χ3n) is 13.8. The van der Waals surface area contributed by atoms with E-state index in [-0.39, 0.29) is 47.6 Å². The first-order chi connectivity index (χ1) is 31.1. The number of aromatic nitrogens is 4. The minimum Gasteiger partial charge on any atom is -0.453 e. The number of hydrogen-bond acceptors (Lipinski definition) is 7. The molecule has 0 bridgehead atoms. The predicted octanol–water partition coefficient (Wildman–Crippen LogP) is 9.02. The van der Waals surface area contributed by atoms with Crippen LogP contribution in [0.2, 0.25) is 0 Å². The van der Waals surface area contributed by atoms with Gasteiger partial charge in [0.2, 0.25) is 17.7 Å². The zero-order valence-corrected chi connectivity index (χ0v) is 36.7. The highest BCUT2D eigenvalue weighted by Crippen LogP contribution is 2.42. The molecule has 328 valence electrons. The van der Waals surface area contributed by atoms with Crippen molar-refractivity contribution >= 4 is 67.4 Å². The lowest BCUT2D eigenvalue weighted by Crippen LogP contribution is -2.51. The Bertz CT molecular complexity index is 2940. The van der Waals surface area contributed by atoms with Crippen LogP contribution in [-0.4, -0.2) is 79.8 Å². The number of fused-ring (bicyclic) bond motifs is 6. The van der Waals surface area contributed by atoms with Crippen LogP contribution in [0.4, 0.5) is 4.79 Å². The summed E-state index contributed by atoms with van der Waals surface area (Å²) >= 11 is 0. The first kappa shape index (κ1) is 41.3. The normalized spacial score (nSPS) is 19.8. The molecule has 4 heterocycles. The lowest BCUT2D eigenvalue weighted by atomic mass is 9.96. The lowest BCUT2D eigenvalue weighted by Gasteiger charge is -2.30. The summed E-state index contributed by atoms with van der Waals surface area (Å²) in [6, 6.07) is 28.9. The number of methoxy groups -OCH3 is 1. The number of nitrogens with one attached hydrogen (secondary N) is 4. The molecule has 64 heavy (non-hydrogen) atoms. The summed E-state index contributed by atoms with van der Waals surface area (Å²) in [5.41, 5.74) is 6.48. The van der Waals surface area contributed by atoms with Crippen LogP contribution >= 0.6 is 0 Å². The molecule has 0 spiro atoms. The van der Waals surface area contributed by atoms with Crippen molar-refractivity contribution in [3.8, 4) is 11.1 Å². The van der Waals surface area contributed by atoms with Crippen LogP contribution < -0.4 is 10.6 Å². The van der Waals surface area contributed by atoms with Gasteiger partial charge in [0.15, 0.2) is 0 Å². The average Bonchev–Trinajstić information content (AvgIpc) is 3.65. The minimum absolute atomic E-state index is 0.0119. The van der Waals surface area contributed by atoms with E-state index in [1.807, 2.05) is 54.0 Å². The number of H-pyrrole nitrogens is 2.